The van der Waals surface area contributed by atoms with E-state index in [1.54, 1.807) is 17.7 Å². The fourth-order valence-electron chi connectivity index (χ4n) is 2.87. The number of piperidine rings is 1. The van der Waals surface area contributed by atoms with E-state index >= 15 is 0 Å². The van der Waals surface area contributed by atoms with Gasteiger partial charge in [0.2, 0.25) is 0 Å². The summed E-state index contributed by atoms with van der Waals surface area (Å²) in [5.41, 5.74) is 0. The van der Waals surface area contributed by atoms with Gasteiger partial charge in [-0.05, 0) is 18.8 Å². The summed E-state index contributed by atoms with van der Waals surface area (Å²) in [6, 6.07) is 2.11. The molecule has 0 saturated carbocycles. The van der Waals surface area contributed by atoms with Crippen LogP contribution in [0.15, 0.2) is 24.0 Å². The zero-order valence-electron chi connectivity index (χ0n) is 13.3. The highest BCUT2D eigenvalue weighted by atomic mass is 32.1. The van der Waals surface area contributed by atoms with Gasteiger partial charge in [0.15, 0.2) is 0 Å². The van der Waals surface area contributed by atoms with E-state index in [9.17, 15) is 0 Å². The molecular formula is C16H23N5S. The average molecular weight is 317 g/mol. The standard InChI is InChI=1S/C16H23N5S/c1-13-4-3-7-21(11-13)15-10-14(18-12-19-15)20(2)8-5-16-17-6-9-22-16/h6,9-10,12-13H,3-5,7-8,11H2,1-2H3. The zero-order chi connectivity index (χ0) is 15.4. The molecule has 3 heterocycles. The minimum absolute atomic E-state index is 0.745. The Kier molecular flexibility index (Phi) is 4.87. The third-order valence-corrected chi connectivity index (χ3v) is 4.99. The maximum Gasteiger partial charge on any atom is 0.134 e. The number of likely N-dealkylation sites (N-methyl/N-ethyl adjacent to an activating group) is 1. The van der Waals surface area contributed by atoms with Gasteiger partial charge in [-0.15, -0.1) is 11.3 Å². The van der Waals surface area contributed by atoms with Crippen molar-refractivity contribution < 1.29 is 0 Å². The maximum absolute atomic E-state index is 4.47. The van der Waals surface area contributed by atoms with E-state index in [0.717, 1.165) is 43.6 Å². The Bertz CT molecular complexity index is 586. The van der Waals surface area contributed by atoms with Gasteiger partial charge in [-0.2, -0.15) is 0 Å². The molecule has 0 aromatic carbocycles. The number of thiazole rings is 1. The van der Waals surface area contributed by atoms with E-state index in [1.165, 1.54) is 17.8 Å². The smallest absolute Gasteiger partial charge is 0.134 e. The Morgan fingerprint density at radius 2 is 2.27 bits per heavy atom. The molecule has 5 nitrogen and oxygen atoms in total. The first-order valence-corrected chi connectivity index (χ1v) is 8.77. The van der Waals surface area contributed by atoms with Crippen LogP contribution in [-0.2, 0) is 6.42 Å². The van der Waals surface area contributed by atoms with Crippen LogP contribution in [0.1, 0.15) is 24.8 Å². The Morgan fingerprint density at radius 3 is 3.05 bits per heavy atom. The molecule has 1 unspecified atom stereocenters. The Labute approximate surface area is 136 Å². The minimum atomic E-state index is 0.745. The van der Waals surface area contributed by atoms with Crippen LogP contribution in [-0.4, -0.2) is 41.6 Å². The van der Waals surface area contributed by atoms with E-state index in [0.29, 0.717) is 0 Å². The summed E-state index contributed by atoms with van der Waals surface area (Å²) in [7, 11) is 2.08. The Morgan fingerprint density at radius 1 is 1.36 bits per heavy atom. The van der Waals surface area contributed by atoms with E-state index in [4.69, 9.17) is 0 Å². The molecule has 22 heavy (non-hydrogen) atoms. The van der Waals surface area contributed by atoms with Crippen molar-refractivity contribution in [2.24, 2.45) is 5.92 Å². The highest BCUT2D eigenvalue weighted by Crippen LogP contribution is 2.23. The molecule has 1 saturated heterocycles. The fraction of sp³-hybridized carbons (Fsp3) is 0.562. The molecule has 0 amide bonds. The van der Waals surface area contributed by atoms with Crippen molar-refractivity contribution in [3.63, 3.8) is 0 Å². The molecule has 1 aliphatic rings. The quantitative estimate of drug-likeness (QED) is 0.848. The first-order valence-electron chi connectivity index (χ1n) is 7.89. The summed E-state index contributed by atoms with van der Waals surface area (Å²) in [6.07, 6.45) is 7.07. The van der Waals surface area contributed by atoms with Gasteiger partial charge in [-0.25, -0.2) is 15.0 Å². The highest BCUT2D eigenvalue weighted by molar-refractivity contribution is 7.09. The lowest BCUT2D eigenvalue weighted by Gasteiger charge is -2.32. The van der Waals surface area contributed by atoms with Crippen LogP contribution in [0.25, 0.3) is 0 Å². The van der Waals surface area contributed by atoms with Crippen LogP contribution in [0.3, 0.4) is 0 Å². The van der Waals surface area contributed by atoms with Crippen LogP contribution in [0.2, 0.25) is 0 Å². The molecule has 118 valence electrons. The van der Waals surface area contributed by atoms with Crippen LogP contribution in [0.4, 0.5) is 11.6 Å². The minimum Gasteiger partial charge on any atom is -0.359 e. The SMILES string of the molecule is CC1CCCN(c2cc(N(C)CCc3nccs3)ncn2)C1. The first-order chi connectivity index (χ1) is 10.7. The number of nitrogens with zero attached hydrogens (tertiary/aromatic N) is 5. The van der Waals surface area contributed by atoms with Gasteiger partial charge in [0.1, 0.15) is 18.0 Å². The van der Waals surface area contributed by atoms with Crippen molar-refractivity contribution in [3.05, 3.63) is 29.0 Å². The van der Waals surface area contributed by atoms with Gasteiger partial charge in [0.05, 0.1) is 5.01 Å². The third kappa shape index (κ3) is 3.74. The predicted octanol–water partition coefficient (Wildman–Crippen LogP) is 2.85. The van der Waals surface area contributed by atoms with E-state index in [-0.39, 0.29) is 0 Å². The van der Waals surface area contributed by atoms with Gasteiger partial charge < -0.3 is 9.80 Å². The number of anilines is 2. The van der Waals surface area contributed by atoms with E-state index < -0.39 is 0 Å². The molecule has 0 aliphatic carbocycles. The number of hydrogen-bond acceptors (Lipinski definition) is 6. The molecule has 0 radical (unpaired) electrons. The lowest BCUT2D eigenvalue weighted by molar-refractivity contribution is 0.444. The molecule has 2 aromatic heterocycles. The Hall–Kier alpha value is -1.69. The first kappa shape index (κ1) is 15.2. The fourth-order valence-corrected chi connectivity index (χ4v) is 3.48. The highest BCUT2D eigenvalue weighted by Gasteiger charge is 2.18. The second-order valence-electron chi connectivity index (χ2n) is 6.03. The summed E-state index contributed by atoms with van der Waals surface area (Å²) in [5.74, 6) is 2.78. The van der Waals surface area contributed by atoms with Gasteiger partial charge in [0, 0.05) is 50.7 Å². The van der Waals surface area contributed by atoms with Crippen molar-refractivity contribution in [2.45, 2.75) is 26.2 Å². The summed E-state index contributed by atoms with van der Waals surface area (Å²) in [4.78, 5) is 17.8. The lowest BCUT2D eigenvalue weighted by atomic mass is 10.0. The number of aromatic nitrogens is 3. The van der Waals surface area contributed by atoms with E-state index in [2.05, 4.69) is 44.8 Å². The van der Waals surface area contributed by atoms with Gasteiger partial charge in [-0.1, -0.05) is 6.92 Å². The normalized spacial score (nSPS) is 18.5. The van der Waals surface area contributed by atoms with Crippen molar-refractivity contribution >= 4 is 23.0 Å². The second-order valence-corrected chi connectivity index (χ2v) is 7.00. The largest absolute Gasteiger partial charge is 0.359 e. The Balaban J connectivity index is 1.64. The summed E-state index contributed by atoms with van der Waals surface area (Å²) in [5, 5.41) is 3.20. The molecule has 6 heteroatoms. The second kappa shape index (κ2) is 7.05. The molecule has 1 atom stereocenters. The number of hydrogen-bond donors (Lipinski definition) is 0. The van der Waals surface area contributed by atoms with Crippen molar-refractivity contribution in [1.29, 1.82) is 0 Å². The molecule has 0 N–H and O–H groups in total. The molecule has 0 bridgehead atoms. The molecule has 0 spiro atoms. The summed E-state index contributed by atoms with van der Waals surface area (Å²) >= 11 is 1.71. The van der Waals surface area contributed by atoms with E-state index in [1.807, 2.05) is 11.6 Å². The van der Waals surface area contributed by atoms with Gasteiger partial charge in [-0.3, -0.25) is 0 Å². The topological polar surface area (TPSA) is 45.2 Å². The molecular weight excluding hydrogens is 294 g/mol. The van der Waals surface area contributed by atoms with Gasteiger partial charge in [0.25, 0.3) is 0 Å². The van der Waals surface area contributed by atoms with Crippen LogP contribution in [0, 0.1) is 5.92 Å². The average Bonchev–Trinajstić information content (AvgIpc) is 3.06. The molecule has 1 fully saturated rings. The monoisotopic (exact) mass is 317 g/mol. The van der Waals surface area contributed by atoms with Crippen LogP contribution >= 0.6 is 11.3 Å². The number of rotatable bonds is 5. The predicted molar refractivity (Wildman–Crippen MR) is 91.7 cm³/mol. The maximum atomic E-state index is 4.47. The molecule has 3 rings (SSSR count). The van der Waals surface area contributed by atoms with Crippen molar-refractivity contribution in [2.75, 3.05) is 36.5 Å². The molecule has 1 aliphatic heterocycles. The third-order valence-electron chi connectivity index (χ3n) is 4.15. The summed E-state index contributed by atoms with van der Waals surface area (Å²) in [6.45, 7) is 5.43. The summed E-state index contributed by atoms with van der Waals surface area (Å²) < 4.78 is 0. The molecule has 2 aromatic rings. The van der Waals surface area contributed by atoms with Crippen LogP contribution in [0.5, 0.6) is 0 Å². The van der Waals surface area contributed by atoms with Crippen molar-refractivity contribution in [3.8, 4) is 0 Å². The lowest BCUT2D eigenvalue weighted by Crippen LogP contribution is -2.35. The van der Waals surface area contributed by atoms with Crippen LogP contribution < -0.4 is 9.80 Å². The van der Waals surface area contributed by atoms with Crippen molar-refractivity contribution in [1.82, 2.24) is 15.0 Å². The van der Waals surface area contributed by atoms with Gasteiger partial charge >= 0.3 is 0 Å². The zero-order valence-corrected chi connectivity index (χ0v) is 14.1.